The standard InChI is InChI=1S/C24H29ClF3N3O7S/c1-35-21-13-19(29)18(25)12-17(21)23(32)30-20-8-10-31(14-22(20)36-2)9-3-11-37-15-4-6-16(7-5-15)38-39(33,34)24(26,27)28/h4-7,12-13,20,22H,3,8-11,14,29H2,1-2H3,(H,30,32). The van der Waals surface area contributed by atoms with Crippen LogP contribution in [0.4, 0.5) is 18.9 Å². The molecule has 1 amide bonds. The molecule has 0 bridgehead atoms. The minimum atomic E-state index is -5.73. The molecule has 10 nitrogen and oxygen atoms in total. The van der Waals surface area contributed by atoms with Gasteiger partial charge >= 0.3 is 15.6 Å². The molecular weight excluding hydrogens is 567 g/mol. The molecule has 0 aliphatic carbocycles. The van der Waals surface area contributed by atoms with Gasteiger partial charge in [0.15, 0.2) is 0 Å². The van der Waals surface area contributed by atoms with Crippen molar-refractivity contribution in [2.45, 2.75) is 30.5 Å². The van der Waals surface area contributed by atoms with E-state index in [1.807, 2.05) is 0 Å². The monoisotopic (exact) mass is 595 g/mol. The van der Waals surface area contributed by atoms with Gasteiger partial charge in [-0.05, 0) is 43.2 Å². The second-order valence-electron chi connectivity index (χ2n) is 8.67. The number of alkyl halides is 3. The molecule has 0 radical (unpaired) electrons. The average Bonchev–Trinajstić information content (AvgIpc) is 2.88. The van der Waals surface area contributed by atoms with Crippen LogP contribution < -0.4 is 24.7 Å². The van der Waals surface area contributed by atoms with Crippen LogP contribution in [0.5, 0.6) is 17.2 Å². The molecule has 3 N–H and O–H groups in total. The molecule has 2 aromatic rings. The topological polar surface area (TPSA) is 129 Å². The number of methoxy groups -OCH3 is 2. The Morgan fingerprint density at radius 1 is 1.18 bits per heavy atom. The zero-order valence-corrected chi connectivity index (χ0v) is 22.7. The van der Waals surface area contributed by atoms with Crippen LogP contribution >= 0.6 is 11.6 Å². The van der Waals surface area contributed by atoms with Gasteiger partial charge in [0.25, 0.3) is 5.91 Å². The molecule has 2 unspecified atom stereocenters. The maximum absolute atomic E-state index is 12.9. The molecule has 39 heavy (non-hydrogen) atoms. The second kappa shape index (κ2) is 12.9. The van der Waals surface area contributed by atoms with Crippen LogP contribution in [0.1, 0.15) is 23.2 Å². The van der Waals surface area contributed by atoms with Gasteiger partial charge < -0.3 is 34.3 Å². The van der Waals surface area contributed by atoms with Crippen LogP contribution in [-0.2, 0) is 14.9 Å². The number of amides is 1. The highest BCUT2D eigenvalue weighted by atomic mass is 35.5. The molecule has 1 saturated heterocycles. The maximum Gasteiger partial charge on any atom is 0.534 e. The predicted molar refractivity (Wildman–Crippen MR) is 138 cm³/mol. The molecule has 0 spiro atoms. The van der Waals surface area contributed by atoms with E-state index in [9.17, 15) is 26.4 Å². The summed E-state index contributed by atoms with van der Waals surface area (Å²) in [6.07, 6.45) is 1.01. The number of carbonyl (C=O) groups excluding carboxylic acids is 1. The summed E-state index contributed by atoms with van der Waals surface area (Å²) < 4.78 is 80.0. The lowest BCUT2D eigenvalue weighted by Gasteiger charge is -2.38. The molecule has 1 fully saturated rings. The number of nitrogens with two attached hydrogens (primary N) is 1. The number of piperidine rings is 1. The molecule has 0 saturated carbocycles. The first-order valence-electron chi connectivity index (χ1n) is 11.8. The van der Waals surface area contributed by atoms with Crippen molar-refractivity contribution in [3.05, 3.63) is 47.0 Å². The zero-order chi connectivity index (χ0) is 28.8. The Kier molecular flexibility index (Phi) is 10.2. The number of anilines is 1. The van der Waals surface area contributed by atoms with Crippen LogP contribution in [0.3, 0.4) is 0 Å². The molecule has 1 heterocycles. The normalized spacial score (nSPS) is 18.4. The van der Waals surface area contributed by atoms with Gasteiger partial charge in [0, 0.05) is 32.8 Å². The van der Waals surface area contributed by atoms with E-state index < -0.39 is 21.4 Å². The van der Waals surface area contributed by atoms with Crippen molar-refractivity contribution < 1.29 is 44.8 Å². The number of ether oxygens (including phenoxy) is 3. The number of benzene rings is 2. The van der Waals surface area contributed by atoms with E-state index >= 15 is 0 Å². The molecule has 2 aromatic carbocycles. The van der Waals surface area contributed by atoms with Gasteiger partial charge in [-0.3, -0.25) is 4.79 Å². The molecule has 2 atom stereocenters. The van der Waals surface area contributed by atoms with Crippen LogP contribution in [0.25, 0.3) is 0 Å². The van der Waals surface area contributed by atoms with Crippen LogP contribution in [0.2, 0.25) is 5.02 Å². The zero-order valence-electron chi connectivity index (χ0n) is 21.2. The van der Waals surface area contributed by atoms with Crippen molar-refractivity contribution in [3.63, 3.8) is 0 Å². The predicted octanol–water partition coefficient (Wildman–Crippen LogP) is 3.45. The van der Waals surface area contributed by atoms with Crippen LogP contribution in [0, 0.1) is 0 Å². The summed E-state index contributed by atoms with van der Waals surface area (Å²) >= 11 is 6.08. The third-order valence-corrected chi connectivity index (χ3v) is 7.33. The summed E-state index contributed by atoms with van der Waals surface area (Å²) in [5.74, 6) is -0.163. The van der Waals surface area contributed by atoms with E-state index in [1.165, 1.54) is 31.4 Å². The lowest BCUT2D eigenvalue weighted by Crippen LogP contribution is -2.55. The summed E-state index contributed by atoms with van der Waals surface area (Å²) in [5.41, 5.74) is 0.858. The summed E-state index contributed by atoms with van der Waals surface area (Å²) in [6.45, 7) is 2.25. The van der Waals surface area contributed by atoms with E-state index in [0.717, 1.165) is 12.1 Å². The largest absolute Gasteiger partial charge is 0.534 e. The number of carbonyl (C=O) groups is 1. The fourth-order valence-electron chi connectivity index (χ4n) is 3.99. The van der Waals surface area contributed by atoms with E-state index in [2.05, 4.69) is 14.4 Å². The molecular formula is C24H29ClF3N3O7S. The Morgan fingerprint density at radius 2 is 1.85 bits per heavy atom. The third-order valence-electron chi connectivity index (χ3n) is 6.03. The van der Waals surface area contributed by atoms with Crippen molar-refractivity contribution in [1.29, 1.82) is 0 Å². The number of nitrogens with one attached hydrogen (secondary N) is 1. The van der Waals surface area contributed by atoms with Gasteiger partial charge in [-0.25, -0.2) is 0 Å². The average molecular weight is 596 g/mol. The first kappa shape index (κ1) is 30.6. The highest BCUT2D eigenvalue weighted by molar-refractivity contribution is 7.88. The quantitative estimate of drug-likeness (QED) is 0.174. The van der Waals surface area contributed by atoms with Gasteiger partial charge in [0.2, 0.25) is 0 Å². The van der Waals surface area contributed by atoms with E-state index in [-0.39, 0.29) is 28.6 Å². The van der Waals surface area contributed by atoms with Crippen molar-refractivity contribution in [2.75, 3.05) is 46.2 Å². The minimum absolute atomic E-state index is 0.238. The lowest BCUT2D eigenvalue weighted by molar-refractivity contribution is -0.0500. The summed E-state index contributed by atoms with van der Waals surface area (Å²) in [4.78, 5) is 15.1. The number of halogens is 4. The summed E-state index contributed by atoms with van der Waals surface area (Å²) in [6, 6.07) is 7.52. The highest BCUT2D eigenvalue weighted by Gasteiger charge is 2.48. The number of hydrogen-bond acceptors (Lipinski definition) is 9. The maximum atomic E-state index is 12.9. The van der Waals surface area contributed by atoms with Gasteiger partial charge in [0.1, 0.15) is 17.2 Å². The van der Waals surface area contributed by atoms with E-state index in [0.29, 0.717) is 56.3 Å². The Balaban J connectivity index is 1.45. The highest BCUT2D eigenvalue weighted by Crippen LogP contribution is 2.30. The molecule has 15 heteroatoms. The van der Waals surface area contributed by atoms with Gasteiger partial charge in [-0.1, -0.05) is 11.6 Å². The van der Waals surface area contributed by atoms with Crippen molar-refractivity contribution in [3.8, 4) is 17.2 Å². The van der Waals surface area contributed by atoms with Gasteiger partial charge in [-0.15, -0.1) is 0 Å². The Labute approximate surface area is 229 Å². The van der Waals surface area contributed by atoms with Gasteiger partial charge in [-0.2, -0.15) is 21.6 Å². The van der Waals surface area contributed by atoms with Crippen LogP contribution in [0.15, 0.2) is 36.4 Å². The van der Waals surface area contributed by atoms with Gasteiger partial charge in [0.05, 0.1) is 42.1 Å². The summed E-state index contributed by atoms with van der Waals surface area (Å²) in [5, 5.41) is 3.24. The fourth-order valence-corrected chi connectivity index (χ4v) is 4.62. The fraction of sp³-hybridized carbons (Fsp3) is 0.458. The number of nitrogens with zero attached hydrogens (tertiary/aromatic N) is 1. The third kappa shape index (κ3) is 8.03. The SMILES string of the molecule is COc1cc(N)c(Cl)cc1C(=O)NC1CCN(CCCOc2ccc(OS(=O)(=O)C(F)(F)F)cc2)CC1OC. The van der Waals surface area contributed by atoms with Crippen molar-refractivity contribution in [2.24, 2.45) is 0 Å². The number of likely N-dealkylation sites (tertiary alicyclic amines) is 1. The minimum Gasteiger partial charge on any atom is -0.496 e. The first-order valence-corrected chi connectivity index (χ1v) is 13.6. The second-order valence-corrected chi connectivity index (χ2v) is 10.6. The lowest BCUT2D eigenvalue weighted by atomic mass is 10.0. The molecule has 1 aliphatic rings. The first-order chi connectivity index (χ1) is 18.3. The number of nitrogen functional groups attached to an aromatic ring is 1. The molecule has 216 valence electrons. The van der Waals surface area contributed by atoms with E-state index in [4.69, 9.17) is 31.5 Å². The summed E-state index contributed by atoms with van der Waals surface area (Å²) in [7, 11) is -2.72. The number of rotatable bonds is 11. The molecule has 3 rings (SSSR count). The Hall–Kier alpha value is -2.94. The van der Waals surface area contributed by atoms with Crippen molar-refractivity contribution >= 4 is 33.3 Å². The molecule has 1 aliphatic heterocycles. The Bertz CT molecular complexity index is 1250. The van der Waals surface area contributed by atoms with E-state index in [1.54, 1.807) is 7.11 Å². The smallest absolute Gasteiger partial charge is 0.496 e. The molecule has 0 aromatic heterocycles. The number of hydrogen-bond donors (Lipinski definition) is 2. The Morgan fingerprint density at radius 3 is 2.46 bits per heavy atom. The van der Waals surface area contributed by atoms with Crippen LogP contribution in [-0.4, -0.2) is 77.3 Å². The van der Waals surface area contributed by atoms with Crippen molar-refractivity contribution in [1.82, 2.24) is 10.2 Å².